The van der Waals surface area contributed by atoms with Crippen LogP contribution in [0.1, 0.15) is 51.6 Å². The Morgan fingerprint density at radius 1 is 1.15 bits per heavy atom. The lowest BCUT2D eigenvalue weighted by molar-refractivity contribution is 0.202. The summed E-state index contributed by atoms with van der Waals surface area (Å²) in [4.78, 5) is 19.5. The zero-order valence-corrected chi connectivity index (χ0v) is 20.6. The molecule has 7 nitrogen and oxygen atoms in total. The Labute approximate surface area is 204 Å². The van der Waals surface area contributed by atoms with Gasteiger partial charge in [-0.05, 0) is 68.1 Å². The zero-order chi connectivity index (χ0) is 24.2. The van der Waals surface area contributed by atoms with E-state index in [2.05, 4.69) is 29.3 Å². The Kier molecular flexibility index (Phi) is 7.22. The van der Waals surface area contributed by atoms with Gasteiger partial charge in [-0.15, -0.1) is 0 Å². The van der Waals surface area contributed by atoms with E-state index in [-0.39, 0.29) is 6.03 Å². The second-order valence-corrected chi connectivity index (χ2v) is 9.08. The van der Waals surface area contributed by atoms with Gasteiger partial charge in [0.15, 0.2) is 0 Å². The maximum absolute atomic E-state index is 13.1. The third kappa shape index (κ3) is 5.09. The molecule has 1 atom stereocenters. The van der Waals surface area contributed by atoms with E-state index in [0.29, 0.717) is 35.8 Å². The van der Waals surface area contributed by atoms with Crippen LogP contribution >= 0.6 is 11.6 Å². The molecule has 0 fully saturated rings. The normalized spacial score (nSPS) is 16.2. The molecule has 0 radical (unpaired) electrons. The molecule has 0 aliphatic carbocycles. The van der Waals surface area contributed by atoms with Crippen LogP contribution in [0.4, 0.5) is 4.79 Å². The first-order valence-corrected chi connectivity index (χ1v) is 11.9. The fraction of sp³-hybridized carbons (Fsp3) is 0.346. The molecule has 1 aromatic heterocycles. The first-order chi connectivity index (χ1) is 16.4. The lowest BCUT2D eigenvalue weighted by atomic mass is 9.94. The van der Waals surface area contributed by atoms with E-state index in [1.807, 2.05) is 50.2 Å². The topological polar surface area (TPSA) is 80.5 Å². The number of allylic oxidation sites excluding steroid dienone is 1. The molecule has 34 heavy (non-hydrogen) atoms. The number of carbonyl (C=O) groups excluding carboxylic acids is 1. The Balaban J connectivity index is 1.75. The van der Waals surface area contributed by atoms with Crippen LogP contribution in [-0.2, 0) is 0 Å². The SMILES string of the molecule is CCOc1ccc(C2NC(=O)N(CCC(C)C)C(C)=C2c2nc(-c3ccc(Cl)cc3)no2)cc1. The second-order valence-electron chi connectivity index (χ2n) is 8.65. The molecule has 1 aliphatic heterocycles. The first-order valence-electron chi connectivity index (χ1n) is 11.5. The van der Waals surface area contributed by atoms with Crippen LogP contribution in [0.15, 0.2) is 58.8 Å². The van der Waals surface area contributed by atoms with E-state index in [9.17, 15) is 4.79 Å². The van der Waals surface area contributed by atoms with Crippen LogP contribution in [0.3, 0.4) is 0 Å². The van der Waals surface area contributed by atoms with Gasteiger partial charge in [-0.2, -0.15) is 4.98 Å². The Bertz CT molecular complexity index is 1170. The molecule has 0 spiro atoms. The van der Waals surface area contributed by atoms with Crippen LogP contribution in [0.25, 0.3) is 17.0 Å². The Morgan fingerprint density at radius 2 is 1.85 bits per heavy atom. The minimum atomic E-state index is -0.433. The van der Waals surface area contributed by atoms with Gasteiger partial charge in [-0.3, -0.25) is 4.90 Å². The summed E-state index contributed by atoms with van der Waals surface area (Å²) in [6.45, 7) is 9.35. The van der Waals surface area contributed by atoms with Gasteiger partial charge in [-0.1, -0.05) is 42.7 Å². The van der Waals surface area contributed by atoms with Crippen molar-refractivity contribution in [1.29, 1.82) is 0 Å². The van der Waals surface area contributed by atoms with Gasteiger partial charge >= 0.3 is 6.03 Å². The first kappa shape index (κ1) is 23.8. The third-order valence-electron chi connectivity index (χ3n) is 5.81. The number of ether oxygens (including phenoxy) is 1. The summed E-state index contributed by atoms with van der Waals surface area (Å²) in [5.74, 6) is 2.07. The van der Waals surface area contributed by atoms with E-state index < -0.39 is 6.04 Å². The number of aromatic nitrogens is 2. The average Bonchev–Trinajstić information content (AvgIpc) is 3.29. The largest absolute Gasteiger partial charge is 0.494 e. The number of hydrogen-bond acceptors (Lipinski definition) is 5. The summed E-state index contributed by atoms with van der Waals surface area (Å²) in [6.07, 6.45) is 0.881. The maximum Gasteiger partial charge on any atom is 0.322 e. The molecule has 1 N–H and O–H groups in total. The van der Waals surface area contributed by atoms with Gasteiger partial charge in [0, 0.05) is 22.8 Å². The Morgan fingerprint density at radius 3 is 2.50 bits per heavy atom. The van der Waals surface area contributed by atoms with E-state index in [0.717, 1.165) is 34.6 Å². The van der Waals surface area contributed by atoms with Crippen molar-refractivity contribution in [2.24, 2.45) is 5.92 Å². The number of benzene rings is 2. The van der Waals surface area contributed by atoms with Gasteiger partial charge in [0.05, 0.1) is 18.2 Å². The fourth-order valence-electron chi connectivity index (χ4n) is 3.94. The quantitative estimate of drug-likeness (QED) is 0.407. The van der Waals surface area contributed by atoms with E-state index in [1.54, 1.807) is 17.0 Å². The third-order valence-corrected chi connectivity index (χ3v) is 6.06. The maximum atomic E-state index is 13.1. The molecule has 8 heteroatoms. The molecule has 1 aliphatic rings. The monoisotopic (exact) mass is 480 g/mol. The number of halogens is 1. The molecule has 0 bridgehead atoms. The molecule has 2 heterocycles. The van der Waals surface area contributed by atoms with E-state index in [4.69, 9.17) is 20.9 Å². The zero-order valence-electron chi connectivity index (χ0n) is 19.8. The summed E-state index contributed by atoms with van der Waals surface area (Å²) in [7, 11) is 0. The fourth-order valence-corrected chi connectivity index (χ4v) is 4.06. The standard InChI is InChI=1S/C26H29ClN4O3/c1-5-33-21-12-8-18(9-13-21)23-22(17(4)31(26(32)28-23)15-14-16(2)3)25-29-24(30-34-25)19-6-10-20(27)11-7-19/h6-13,16,23H,5,14-15H2,1-4H3,(H,28,32). The van der Waals surface area contributed by atoms with Crippen LogP contribution in [0.2, 0.25) is 5.02 Å². The van der Waals surface area contributed by atoms with Crippen molar-refractivity contribution < 1.29 is 14.1 Å². The highest BCUT2D eigenvalue weighted by Crippen LogP contribution is 2.38. The van der Waals surface area contributed by atoms with Gasteiger partial charge in [-0.25, -0.2) is 4.79 Å². The highest BCUT2D eigenvalue weighted by molar-refractivity contribution is 6.30. The molecule has 0 saturated carbocycles. The van der Waals surface area contributed by atoms with Gasteiger partial charge < -0.3 is 14.6 Å². The summed E-state index contributed by atoms with van der Waals surface area (Å²) in [5.41, 5.74) is 3.28. The van der Waals surface area contributed by atoms with Crippen molar-refractivity contribution >= 4 is 23.2 Å². The molecular weight excluding hydrogens is 452 g/mol. The number of carbonyl (C=O) groups is 1. The molecular formula is C26H29ClN4O3. The number of nitrogens with zero attached hydrogens (tertiary/aromatic N) is 3. The molecule has 0 saturated heterocycles. The van der Waals surface area contributed by atoms with Crippen molar-refractivity contribution in [3.05, 3.63) is 70.7 Å². The van der Waals surface area contributed by atoms with Crippen molar-refractivity contribution in [3.8, 4) is 17.1 Å². The molecule has 1 unspecified atom stereocenters. The number of urea groups is 1. The predicted molar refractivity (Wildman–Crippen MR) is 132 cm³/mol. The number of rotatable bonds is 8. The van der Waals surface area contributed by atoms with E-state index >= 15 is 0 Å². The van der Waals surface area contributed by atoms with E-state index in [1.165, 1.54) is 0 Å². The Hall–Kier alpha value is -3.32. The smallest absolute Gasteiger partial charge is 0.322 e. The molecule has 3 aromatic rings. The highest BCUT2D eigenvalue weighted by Gasteiger charge is 2.35. The van der Waals surface area contributed by atoms with Gasteiger partial charge in [0.2, 0.25) is 5.82 Å². The highest BCUT2D eigenvalue weighted by atomic mass is 35.5. The molecule has 2 aromatic carbocycles. The van der Waals surface area contributed by atoms with Crippen LogP contribution in [0.5, 0.6) is 5.75 Å². The number of nitrogens with one attached hydrogen (secondary N) is 1. The second kappa shape index (κ2) is 10.3. The van der Waals surface area contributed by atoms with Crippen molar-refractivity contribution in [3.63, 3.8) is 0 Å². The number of amides is 2. The minimum Gasteiger partial charge on any atom is -0.494 e. The van der Waals surface area contributed by atoms with Crippen LogP contribution in [0, 0.1) is 5.92 Å². The van der Waals surface area contributed by atoms with Crippen LogP contribution < -0.4 is 10.1 Å². The van der Waals surface area contributed by atoms with Crippen molar-refractivity contribution in [2.45, 2.75) is 40.2 Å². The average molecular weight is 481 g/mol. The molecule has 4 rings (SSSR count). The van der Waals surface area contributed by atoms with Gasteiger partial charge in [0.25, 0.3) is 5.89 Å². The predicted octanol–water partition coefficient (Wildman–Crippen LogP) is 6.33. The number of hydrogen-bond donors (Lipinski definition) is 1. The lowest BCUT2D eigenvalue weighted by Crippen LogP contribution is -2.46. The summed E-state index contributed by atoms with van der Waals surface area (Å²) < 4.78 is 11.3. The summed E-state index contributed by atoms with van der Waals surface area (Å²) >= 11 is 6.02. The summed E-state index contributed by atoms with van der Waals surface area (Å²) in [6, 6.07) is 14.4. The molecule has 2 amide bonds. The van der Waals surface area contributed by atoms with Crippen molar-refractivity contribution in [1.82, 2.24) is 20.4 Å². The summed E-state index contributed by atoms with van der Waals surface area (Å²) in [5, 5.41) is 7.97. The van der Waals surface area contributed by atoms with Crippen LogP contribution in [-0.4, -0.2) is 34.2 Å². The minimum absolute atomic E-state index is 0.141. The lowest BCUT2D eigenvalue weighted by Gasteiger charge is -2.35. The molecule has 178 valence electrons. The van der Waals surface area contributed by atoms with Crippen molar-refractivity contribution in [2.75, 3.05) is 13.2 Å². The van der Waals surface area contributed by atoms with Gasteiger partial charge in [0.1, 0.15) is 5.75 Å².